The lowest BCUT2D eigenvalue weighted by Gasteiger charge is -2.50. The van der Waals surface area contributed by atoms with Crippen molar-refractivity contribution in [1.29, 1.82) is 0 Å². The number of benzene rings is 2. The molecule has 2 aromatic rings. The minimum atomic E-state index is -0.190. The third kappa shape index (κ3) is 6.49. The highest BCUT2D eigenvalue weighted by atomic mass is 16.2. The van der Waals surface area contributed by atoms with E-state index in [-0.39, 0.29) is 18.5 Å². The van der Waals surface area contributed by atoms with Crippen molar-refractivity contribution in [2.75, 3.05) is 19.4 Å². The normalized spacial score (nSPS) is 25.8. The summed E-state index contributed by atoms with van der Waals surface area (Å²) >= 11 is 0. The second-order valence-corrected chi connectivity index (χ2v) is 10.4. The first-order chi connectivity index (χ1) is 16.5. The molecular weight excluding hydrogens is 422 g/mol. The van der Waals surface area contributed by atoms with Crippen LogP contribution in [0.15, 0.2) is 42.5 Å². The topological polar surface area (TPSA) is 59.6 Å². The van der Waals surface area contributed by atoms with Gasteiger partial charge in [0.15, 0.2) is 0 Å². The predicted octanol–water partition coefficient (Wildman–Crippen LogP) is 5.71. The lowest BCUT2D eigenvalue weighted by atomic mass is 9.94. The van der Waals surface area contributed by atoms with E-state index < -0.39 is 0 Å². The molecule has 1 saturated heterocycles. The fourth-order valence-electron chi connectivity index (χ4n) is 5.73. The molecule has 34 heavy (non-hydrogen) atoms. The van der Waals surface area contributed by atoms with Crippen LogP contribution < -0.4 is 16.0 Å². The number of hydrogen-bond acceptors (Lipinski definition) is 4. The van der Waals surface area contributed by atoms with Crippen LogP contribution in [0.1, 0.15) is 71.1 Å². The van der Waals surface area contributed by atoms with Crippen LogP contribution in [0.2, 0.25) is 0 Å². The van der Waals surface area contributed by atoms with Gasteiger partial charge >= 0.3 is 6.03 Å². The maximum Gasteiger partial charge on any atom is 0.321 e. The fraction of sp³-hybridized carbons (Fsp3) is 0.607. The Labute approximate surface area is 205 Å². The van der Waals surface area contributed by atoms with E-state index in [0.29, 0.717) is 12.1 Å². The molecule has 6 heteroatoms. The van der Waals surface area contributed by atoms with Gasteiger partial charge in [-0.25, -0.2) is 4.79 Å². The van der Waals surface area contributed by atoms with Gasteiger partial charge < -0.3 is 10.6 Å². The average molecular weight is 466 g/mol. The van der Waals surface area contributed by atoms with Gasteiger partial charge in [0, 0.05) is 17.8 Å². The van der Waals surface area contributed by atoms with E-state index >= 15 is 0 Å². The molecule has 3 N–H and O–H groups in total. The second-order valence-electron chi connectivity index (χ2n) is 10.4. The standard InChI is InChI=1S/C28H43N5O/c1-21-19-26(32(2)3)30-27(33(21)25-15-9-7-5-4-6-8-10-16-25)31-28(34)29-24-18-17-22-13-11-12-14-23(22)20-24/h11-14,17-18,20-21,25-27,30H,4-10,15-16,19H2,1-3H3,(H2,29,31,34). The van der Waals surface area contributed by atoms with Gasteiger partial charge in [-0.05, 0) is 63.2 Å². The summed E-state index contributed by atoms with van der Waals surface area (Å²) in [6.45, 7) is 2.33. The zero-order valence-electron chi connectivity index (χ0n) is 21.2. The highest BCUT2D eigenvalue weighted by Gasteiger charge is 2.38. The highest BCUT2D eigenvalue weighted by Crippen LogP contribution is 2.27. The van der Waals surface area contributed by atoms with Gasteiger partial charge in [0.1, 0.15) is 6.29 Å². The first kappa shape index (κ1) is 25.0. The zero-order valence-corrected chi connectivity index (χ0v) is 21.2. The number of urea groups is 1. The lowest BCUT2D eigenvalue weighted by molar-refractivity contribution is -0.0295. The van der Waals surface area contributed by atoms with Crippen LogP contribution in [0.3, 0.4) is 0 Å². The molecule has 2 fully saturated rings. The predicted molar refractivity (Wildman–Crippen MR) is 142 cm³/mol. The number of rotatable bonds is 4. The van der Waals surface area contributed by atoms with E-state index in [4.69, 9.17) is 0 Å². The van der Waals surface area contributed by atoms with E-state index in [1.807, 2.05) is 24.3 Å². The molecule has 1 saturated carbocycles. The number of hydrogen-bond donors (Lipinski definition) is 3. The smallest absolute Gasteiger partial charge is 0.309 e. The van der Waals surface area contributed by atoms with E-state index in [1.54, 1.807) is 0 Å². The Kier molecular flexibility index (Phi) is 8.81. The summed E-state index contributed by atoms with van der Waals surface area (Å²) in [6.07, 6.45) is 12.8. The quantitative estimate of drug-likeness (QED) is 0.541. The Morgan fingerprint density at radius 2 is 1.59 bits per heavy atom. The lowest BCUT2D eigenvalue weighted by Crippen LogP contribution is -2.70. The minimum absolute atomic E-state index is 0.163. The molecule has 0 spiro atoms. The number of nitrogens with zero attached hydrogens (tertiary/aromatic N) is 2. The molecule has 4 rings (SSSR count). The van der Waals surface area contributed by atoms with Crippen LogP contribution in [0.4, 0.5) is 10.5 Å². The first-order valence-electron chi connectivity index (χ1n) is 13.3. The minimum Gasteiger partial charge on any atom is -0.309 e. The maximum absolute atomic E-state index is 13.1. The van der Waals surface area contributed by atoms with Crippen LogP contribution in [0.25, 0.3) is 10.8 Å². The molecule has 0 radical (unpaired) electrons. The summed E-state index contributed by atoms with van der Waals surface area (Å²) in [7, 11) is 4.21. The molecule has 186 valence electrons. The Balaban J connectivity index is 1.48. The van der Waals surface area contributed by atoms with Gasteiger partial charge in [-0.1, -0.05) is 75.3 Å². The molecule has 6 nitrogen and oxygen atoms in total. The summed E-state index contributed by atoms with van der Waals surface area (Å²) in [5.74, 6) is 0. The molecule has 2 amide bonds. The summed E-state index contributed by atoms with van der Waals surface area (Å²) in [5.41, 5.74) is 0.814. The number of anilines is 1. The Morgan fingerprint density at radius 1 is 0.941 bits per heavy atom. The SMILES string of the molecule is CC1CC(N(C)C)NC(NC(=O)Nc2ccc3ccccc3c2)N1C1CCCCCCCCC1. The fourth-order valence-corrected chi connectivity index (χ4v) is 5.73. The van der Waals surface area contributed by atoms with Gasteiger partial charge in [0.2, 0.25) is 0 Å². The summed E-state index contributed by atoms with van der Waals surface area (Å²) in [5, 5.41) is 12.4. The van der Waals surface area contributed by atoms with Crippen LogP contribution >= 0.6 is 0 Å². The monoisotopic (exact) mass is 465 g/mol. The average Bonchev–Trinajstić information content (AvgIpc) is 2.82. The summed E-state index contributed by atoms with van der Waals surface area (Å²) in [4.78, 5) is 17.9. The number of carbonyl (C=O) groups excluding carboxylic acids is 1. The van der Waals surface area contributed by atoms with Crippen LogP contribution in [0.5, 0.6) is 0 Å². The van der Waals surface area contributed by atoms with Gasteiger partial charge in [-0.3, -0.25) is 15.1 Å². The summed E-state index contributed by atoms with van der Waals surface area (Å²) in [6, 6.07) is 15.0. The Bertz CT molecular complexity index is 922. The van der Waals surface area contributed by atoms with Gasteiger partial charge in [0.05, 0.1) is 6.17 Å². The molecule has 0 aromatic heterocycles. The van der Waals surface area contributed by atoms with Crippen molar-refractivity contribution in [3.63, 3.8) is 0 Å². The molecule has 3 atom stereocenters. The van der Waals surface area contributed by atoms with E-state index in [0.717, 1.165) is 17.5 Å². The highest BCUT2D eigenvalue weighted by molar-refractivity contribution is 5.93. The second kappa shape index (κ2) is 12.0. The first-order valence-corrected chi connectivity index (χ1v) is 13.3. The van der Waals surface area contributed by atoms with Crippen molar-refractivity contribution >= 4 is 22.5 Å². The molecule has 2 aliphatic rings. The molecule has 1 heterocycles. The summed E-state index contributed by atoms with van der Waals surface area (Å²) < 4.78 is 0. The third-order valence-corrected chi connectivity index (χ3v) is 7.62. The van der Waals surface area contributed by atoms with Crippen molar-refractivity contribution in [1.82, 2.24) is 20.4 Å². The van der Waals surface area contributed by atoms with Crippen LogP contribution in [-0.2, 0) is 0 Å². The van der Waals surface area contributed by atoms with E-state index in [9.17, 15) is 4.79 Å². The molecule has 2 aromatic carbocycles. The van der Waals surface area contributed by atoms with Crippen molar-refractivity contribution in [3.05, 3.63) is 42.5 Å². The largest absolute Gasteiger partial charge is 0.321 e. The molecule has 0 bridgehead atoms. The Morgan fingerprint density at radius 3 is 2.26 bits per heavy atom. The van der Waals surface area contributed by atoms with E-state index in [1.165, 1.54) is 63.2 Å². The number of nitrogens with one attached hydrogen (secondary N) is 3. The van der Waals surface area contributed by atoms with E-state index in [2.05, 4.69) is 65.0 Å². The van der Waals surface area contributed by atoms with Gasteiger partial charge in [-0.2, -0.15) is 0 Å². The number of fused-ring (bicyclic) bond motifs is 1. The van der Waals surface area contributed by atoms with Crippen LogP contribution in [0, 0.1) is 0 Å². The number of carbonyl (C=O) groups is 1. The van der Waals surface area contributed by atoms with Gasteiger partial charge in [0.25, 0.3) is 0 Å². The molecule has 3 unspecified atom stereocenters. The molecular formula is C28H43N5O. The number of amides is 2. The maximum atomic E-state index is 13.1. The van der Waals surface area contributed by atoms with Crippen molar-refractivity contribution in [2.45, 2.75) is 95.7 Å². The zero-order chi connectivity index (χ0) is 23.9. The molecule has 1 aliphatic carbocycles. The Hall–Kier alpha value is -2.15. The van der Waals surface area contributed by atoms with Crippen molar-refractivity contribution in [2.24, 2.45) is 0 Å². The van der Waals surface area contributed by atoms with Crippen LogP contribution in [-0.4, -0.2) is 54.5 Å². The third-order valence-electron chi connectivity index (χ3n) is 7.62. The van der Waals surface area contributed by atoms with Gasteiger partial charge in [-0.15, -0.1) is 0 Å². The van der Waals surface area contributed by atoms with Crippen molar-refractivity contribution in [3.8, 4) is 0 Å². The van der Waals surface area contributed by atoms with Crippen molar-refractivity contribution < 1.29 is 4.79 Å². The molecule has 1 aliphatic heterocycles.